The van der Waals surface area contributed by atoms with Gasteiger partial charge in [-0.1, -0.05) is 0 Å². The second kappa shape index (κ2) is 7.69. The van der Waals surface area contributed by atoms with Gasteiger partial charge in [-0.3, -0.25) is 4.90 Å². The zero-order chi connectivity index (χ0) is 17.7. The molecule has 2 amide bonds. The number of halogens is 4. The van der Waals surface area contributed by atoms with Crippen LogP contribution in [0.3, 0.4) is 0 Å². The van der Waals surface area contributed by atoms with Gasteiger partial charge in [-0.15, -0.1) is 0 Å². The number of anilines is 1. The summed E-state index contributed by atoms with van der Waals surface area (Å²) in [5.41, 5.74) is 0.307. The highest BCUT2D eigenvalue weighted by molar-refractivity contribution is 5.90. The molecule has 1 unspecified atom stereocenters. The molecule has 1 aromatic carbocycles. The molecule has 1 heterocycles. The van der Waals surface area contributed by atoms with Crippen molar-refractivity contribution in [2.24, 2.45) is 5.92 Å². The van der Waals surface area contributed by atoms with Gasteiger partial charge in [0.2, 0.25) is 0 Å². The third kappa shape index (κ3) is 5.55. The number of carbonyl (C=O) groups is 1. The quantitative estimate of drug-likeness (QED) is 0.804. The van der Waals surface area contributed by atoms with Crippen LogP contribution in [0.4, 0.5) is 28.0 Å². The van der Waals surface area contributed by atoms with Gasteiger partial charge in [0.1, 0.15) is 11.6 Å². The Morgan fingerprint density at radius 1 is 1.42 bits per heavy atom. The van der Waals surface area contributed by atoms with Crippen LogP contribution in [-0.2, 0) is 0 Å². The molecule has 0 spiro atoms. The summed E-state index contributed by atoms with van der Waals surface area (Å²) in [5.74, 6) is -0.343. The number of nitrogens with zero attached hydrogens (tertiary/aromatic N) is 1. The molecule has 0 radical (unpaired) electrons. The number of alkyl halides is 3. The minimum Gasteiger partial charge on any atom is -0.494 e. The lowest BCUT2D eigenvalue weighted by atomic mass is 10.1. The zero-order valence-electron chi connectivity index (χ0n) is 13.1. The molecule has 9 heteroatoms. The Kier molecular flexibility index (Phi) is 5.87. The summed E-state index contributed by atoms with van der Waals surface area (Å²) in [6.45, 7) is -0.00883. The Hall–Kier alpha value is -2.03. The van der Waals surface area contributed by atoms with E-state index in [9.17, 15) is 22.4 Å². The van der Waals surface area contributed by atoms with Gasteiger partial charge in [0, 0.05) is 19.2 Å². The summed E-state index contributed by atoms with van der Waals surface area (Å²) in [5, 5.41) is 5.14. The molecule has 1 fully saturated rings. The van der Waals surface area contributed by atoms with Gasteiger partial charge in [-0.05, 0) is 31.0 Å². The van der Waals surface area contributed by atoms with Crippen LogP contribution >= 0.6 is 0 Å². The summed E-state index contributed by atoms with van der Waals surface area (Å²) >= 11 is 0. The average Bonchev–Trinajstić information content (AvgIpc) is 2.92. The van der Waals surface area contributed by atoms with Crippen molar-refractivity contribution in [2.75, 3.05) is 38.6 Å². The molecular weight excluding hydrogens is 330 g/mol. The van der Waals surface area contributed by atoms with E-state index in [4.69, 9.17) is 4.74 Å². The number of ether oxygens (including phenoxy) is 1. The standard InChI is InChI=1S/C15H19F4N3O2/c1-24-13-6-11(16)2-3-12(13)21-14(23)20-7-10-4-5-22(8-10)9-15(17,18)19/h2-3,6,10H,4-5,7-9H2,1H3,(H2,20,21,23). The largest absolute Gasteiger partial charge is 0.494 e. The molecule has 0 bridgehead atoms. The van der Waals surface area contributed by atoms with Crippen molar-refractivity contribution in [1.29, 1.82) is 0 Å². The Bertz CT molecular complexity index is 580. The predicted molar refractivity (Wildman–Crippen MR) is 80.6 cm³/mol. The van der Waals surface area contributed by atoms with Crippen LogP contribution in [-0.4, -0.2) is 50.4 Å². The van der Waals surface area contributed by atoms with E-state index >= 15 is 0 Å². The molecule has 1 atom stereocenters. The molecule has 1 aliphatic rings. The molecule has 1 aromatic rings. The maximum atomic E-state index is 13.1. The minimum atomic E-state index is -4.21. The third-order valence-corrected chi connectivity index (χ3v) is 3.74. The summed E-state index contributed by atoms with van der Waals surface area (Å²) in [4.78, 5) is 13.2. The van der Waals surface area contributed by atoms with E-state index in [0.717, 1.165) is 6.07 Å². The minimum absolute atomic E-state index is 0.0341. The first-order valence-corrected chi connectivity index (χ1v) is 7.44. The lowest BCUT2D eigenvalue weighted by Crippen LogP contribution is -2.36. The van der Waals surface area contributed by atoms with Crippen LogP contribution in [0.2, 0.25) is 0 Å². The molecule has 0 aromatic heterocycles. The summed E-state index contributed by atoms with van der Waals surface area (Å²) < 4.78 is 55.0. The second-order valence-corrected chi connectivity index (χ2v) is 5.68. The molecule has 24 heavy (non-hydrogen) atoms. The summed E-state index contributed by atoms with van der Waals surface area (Å²) in [7, 11) is 1.35. The van der Waals surface area contributed by atoms with E-state index in [1.165, 1.54) is 24.1 Å². The lowest BCUT2D eigenvalue weighted by Gasteiger charge is -2.18. The number of nitrogens with one attached hydrogen (secondary N) is 2. The fourth-order valence-corrected chi connectivity index (χ4v) is 2.65. The van der Waals surface area contributed by atoms with Gasteiger partial charge in [0.15, 0.2) is 0 Å². The van der Waals surface area contributed by atoms with Crippen molar-refractivity contribution in [1.82, 2.24) is 10.2 Å². The van der Waals surface area contributed by atoms with E-state index in [1.807, 2.05) is 0 Å². The second-order valence-electron chi connectivity index (χ2n) is 5.68. The third-order valence-electron chi connectivity index (χ3n) is 3.74. The Morgan fingerprint density at radius 3 is 2.83 bits per heavy atom. The number of methoxy groups -OCH3 is 1. The van der Waals surface area contributed by atoms with Gasteiger partial charge < -0.3 is 15.4 Å². The van der Waals surface area contributed by atoms with Crippen LogP contribution in [0.25, 0.3) is 0 Å². The maximum Gasteiger partial charge on any atom is 0.401 e. The van der Waals surface area contributed by atoms with E-state index in [-0.39, 0.29) is 18.2 Å². The van der Waals surface area contributed by atoms with E-state index in [0.29, 0.717) is 25.2 Å². The zero-order valence-corrected chi connectivity index (χ0v) is 13.1. The number of hydrogen-bond donors (Lipinski definition) is 2. The van der Waals surface area contributed by atoms with Crippen LogP contribution in [0.15, 0.2) is 18.2 Å². The van der Waals surface area contributed by atoms with Crippen LogP contribution in [0, 0.1) is 11.7 Å². The fourth-order valence-electron chi connectivity index (χ4n) is 2.65. The lowest BCUT2D eigenvalue weighted by molar-refractivity contribution is -0.143. The summed E-state index contributed by atoms with van der Waals surface area (Å²) in [6, 6.07) is 3.18. The number of carbonyl (C=O) groups excluding carboxylic acids is 1. The normalized spacial score (nSPS) is 18.5. The molecule has 2 N–H and O–H groups in total. The van der Waals surface area contributed by atoms with Crippen LogP contribution in [0.1, 0.15) is 6.42 Å². The molecule has 5 nitrogen and oxygen atoms in total. The number of amides is 2. The fraction of sp³-hybridized carbons (Fsp3) is 0.533. The van der Waals surface area contributed by atoms with Gasteiger partial charge in [0.05, 0.1) is 19.3 Å². The topological polar surface area (TPSA) is 53.6 Å². The molecule has 134 valence electrons. The number of urea groups is 1. The van der Waals surface area contributed by atoms with Crippen molar-refractivity contribution >= 4 is 11.7 Å². The highest BCUT2D eigenvalue weighted by atomic mass is 19.4. The molecule has 0 saturated carbocycles. The highest BCUT2D eigenvalue weighted by Crippen LogP contribution is 2.25. The Morgan fingerprint density at radius 2 is 2.17 bits per heavy atom. The van der Waals surface area contributed by atoms with Gasteiger partial charge in [0.25, 0.3) is 0 Å². The first kappa shape index (κ1) is 18.3. The predicted octanol–water partition coefficient (Wildman–Crippen LogP) is 2.84. The molecular formula is C15H19F4N3O2. The van der Waals surface area contributed by atoms with E-state index in [1.54, 1.807) is 0 Å². The Labute approximate surface area is 137 Å². The van der Waals surface area contributed by atoms with E-state index in [2.05, 4.69) is 10.6 Å². The molecule has 2 rings (SSSR count). The van der Waals surface area contributed by atoms with Crippen molar-refractivity contribution in [3.63, 3.8) is 0 Å². The molecule has 1 saturated heterocycles. The molecule has 1 aliphatic heterocycles. The highest BCUT2D eigenvalue weighted by Gasteiger charge is 2.34. The Balaban J connectivity index is 1.78. The van der Waals surface area contributed by atoms with Gasteiger partial charge in [-0.2, -0.15) is 13.2 Å². The van der Waals surface area contributed by atoms with Crippen molar-refractivity contribution < 1.29 is 27.1 Å². The average molecular weight is 349 g/mol. The molecule has 0 aliphatic carbocycles. The monoisotopic (exact) mass is 349 g/mol. The van der Waals surface area contributed by atoms with Crippen molar-refractivity contribution in [3.05, 3.63) is 24.0 Å². The first-order chi connectivity index (χ1) is 11.3. The first-order valence-electron chi connectivity index (χ1n) is 7.44. The SMILES string of the molecule is COc1cc(F)ccc1NC(=O)NCC1CCN(CC(F)(F)F)C1. The van der Waals surface area contributed by atoms with E-state index < -0.39 is 24.6 Å². The van der Waals surface area contributed by atoms with Gasteiger partial charge in [-0.25, -0.2) is 9.18 Å². The van der Waals surface area contributed by atoms with Crippen molar-refractivity contribution in [3.8, 4) is 5.75 Å². The summed E-state index contributed by atoms with van der Waals surface area (Å²) in [6.07, 6.45) is -3.62. The number of hydrogen-bond acceptors (Lipinski definition) is 3. The van der Waals surface area contributed by atoms with Crippen molar-refractivity contribution in [2.45, 2.75) is 12.6 Å². The van der Waals surface area contributed by atoms with Gasteiger partial charge >= 0.3 is 12.2 Å². The number of benzene rings is 1. The van der Waals surface area contributed by atoms with Crippen LogP contribution in [0.5, 0.6) is 5.75 Å². The smallest absolute Gasteiger partial charge is 0.401 e. The number of likely N-dealkylation sites (tertiary alicyclic amines) is 1. The maximum absolute atomic E-state index is 13.1. The number of rotatable bonds is 5. The van der Waals surface area contributed by atoms with Crippen LogP contribution < -0.4 is 15.4 Å².